The van der Waals surface area contributed by atoms with Crippen LogP contribution in [0.3, 0.4) is 0 Å². The fraction of sp³-hybridized carbons (Fsp3) is 0.417. The first-order valence-electron chi connectivity index (χ1n) is 11.2. The van der Waals surface area contributed by atoms with E-state index in [1.54, 1.807) is 4.90 Å². The van der Waals surface area contributed by atoms with Crippen molar-refractivity contribution >= 4 is 17.0 Å². The lowest BCUT2D eigenvalue weighted by Gasteiger charge is -2.42. The second-order valence-electron chi connectivity index (χ2n) is 9.17. The lowest BCUT2D eigenvalue weighted by molar-refractivity contribution is -0.0450. The number of aromatic hydroxyl groups is 1. The number of aliphatic hydroxyl groups excluding tert-OH is 1. The third kappa shape index (κ3) is 3.46. The summed E-state index contributed by atoms with van der Waals surface area (Å²) < 4.78 is 10.8. The normalized spacial score (nSPS) is 22.9. The van der Waals surface area contributed by atoms with E-state index >= 15 is 0 Å². The zero-order valence-corrected chi connectivity index (χ0v) is 19.0. The van der Waals surface area contributed by atoms with Crippen molar-refractivity contribution in [3.63, 3.8) is 0 Å². The van der Waals surface area contributed by atoms with E-state index in [1.807, 2.05) is 25.1 Å². The van der Waals surface area contributed by atoms with E-state index in [4.69, 9.17) is 15.2 Å². The Labute approximate surface area is 195 Å². The van der Waals surface area contributed by atoms with Gasteiger partial charge in [0.1, 0.15) is 5.60 Å². The smallest absolute Gasteiger partial charge is 0.411 e. The summed E-state index contributed by atoms with van der Waals surface area (Å²) in [4.78, 5) is 21.7. The molecule has 180 valence electrons. The molecule has 1 amide bonds. The third-order valence-electron chi connectivity index (χ3n) is 7.04. The quantitative estimate of drug-likeness (QED) is 0.346. The molecule has 5 rings (SSSR count). The summed E-state index contributed by atoms with van der Waals surface area (Å²) in [5, 5.41) is 31.1. The topological polar surface area (TPSA) is 154 Å². The Morgan fingerprint density at radius 1 is 1.38 bits per heavy atom. The number of fused-ring (bicyclic) bond motifs is 1. The second kappa shape index (κ2) is 8.15. The first-order chi connectivity index (χ1) is 16.3. The lowest BCUT2D eigenvalue weighted by atomic mass is 9.71. The highest BCUT2D eigenvalue weighted by molar-refractivity contribution is 5.99. The molecule has 1 aromatic carbocycles. The molecule has 2 aromatic heterocycles. The highest BCUT2D eigenvalue weighted by Gasteiger charge is 2.54. The van der Waals surface area contributed by atoms with Gasteiger partial charge in [-0.05, 0) is 43.9 Å². The Hall–Kier alpha value is -3.34. The molecular formula is C24H28N4O6. The Morgan fingerprint density at radius 2 is 2.15 bits per heavy atom. The number of nitrogens with two attached hydrogens (primary N) is 1. The molecule has 1 aliphatic heterocycles. The molecule has 0 unspecified atom stereocenters. The van der Waals surface area contributed by atoms with E-state index in [-0.39, 0.29) is 29.5 Å². The van der Waals surface area contributed by atoms with Gasteiger partial charge in [-0.2, -0.15) is 0 Å². The van der Waals surface area contributed by atoms with Crippen molar-refractivity contribution in [3.8, 4) is 22.8 Å². The van der Waals surface area contributed by atoms with E-state index in [2.05, 4.69) is 9.97 Å². The summed E-state index contributed by atoms with van der Waals surface area (Å²) >= 11 is 0. The predicted octanol–water partition coefficient (Wildman–Crippen LogP) is 2.55. The van der Waals surface area contributed by atoms with Crippen LogP contribution < -0.4 is 10.5 Å². The van der Waals surface area contributed by atoms with E-state index in [1.165, 1.54) is 19.4 Å². The minimum absolute atomic E-state index is 0.0679. The number of nitrogens with one attached hydrogen (secondary N) is 1. The molecule has 10 nitrogen and oxygen atoms in total. The number of hydrogen-bond donors (Lipinski definition) is 5. The van der Waals surface area contributed by atoms with Gasteiger partial charge in [-0.3, -0.25) is 4.90 Å². The number of pyridine rings is 1. The molecule has 0 radical (unpaired) electrons. The van der Waals surface area contributed by atoms with Crippen LogP contribution in [0.1, 0.15) is 43.4 Å². The summed E-state index contributed by atoms with van der Waals surface area (Å²) in [7, 11) is 1.40. The number of carbonyl (C=O) groups is 1. The summed E-state index contributed by atoms with van der Waals surface area (Å²) in [5.74, 6) is 0.276. The van der Waals surface area contributed by atoms with Crippen molar-refractivity contribution in [2.45, 2.75) is 37.7 Å². The van der Waals surface area contributed by atoms with Crippen LogP contribution in [0.15, 0.2) is 30.5 Å². The number of rotatable bonds is 6. The largest absolute Gasteiger partial charge is 0.503 e. The standard InChI is InChI=1S/C24H28N4O6/c1-12(28-11-24(34-23(28)32)7-13(8-24)9-25)15-4-3-5-16-18(20(22(30)31)27-19(15)16)14-6-17(29)21(33-2)26-10-14/h3-6,10,12-13,22,27,29-31H,7-9,11,25H2,1-2H3/t12-,13?,24?/m0/s1. The number of amides is 1. The molecule has 2 aliphatic rings. The predicted molar refractivity (Wildman–Crippen MR) is 123 cm³/mol. The SMILES string of the molecule is COc1ncc(-c2c(C(O)O)[nH]c3c([C@H](C)N4CC5(CC(CN)C5)OC4=O)cccc23)cc1O. The molecule has 1 saturated carbocycles. The van der Waals surface area contributed by atoms with E-state index < -0.39 is 11.9 Å². The molecule has 2 fully saturated rings. The number of carbonyl (C=O) groups excluding carboxylic acids is 1. The zero-order valence-electron chi connectivity index (χ0n) is 19.0. The molecule has 3 heterocycles. The van der Waals surface area contributed by atoms with Gasteiger partial charge in [0.05, 0.1) is 30.9 Å². The highest BCUT2D eigenvalue weighted by atomic mass is 16.6. The van der Waals surface area contributed by atoms with Crippen molar-refractivity contribution in [1.82, 2.24) is 14.9 Å². The Morgan fingerprint density at radius 3 is 2.79 bits per heavy atom. The maximum atomic E-state index is 12.8. The summed E-state index contributed by atoms with van der Waals surface area (Å²) in [6.45, 7) is 2.99. The van der Waals surface area contributed by atoms with Crippen LogP contribution in [0.5, 0.6) is 11.6 Å². The average molecular weight is 469 g/mol. The van der Waals surface area contributed by atoms with Gasteiger partial charge in [0.25, 0.3) is 5.88 Å². The number of benzene rings is 1. The van der Waals surface area contributed by atoms with Gasteiger partial charge in [0.2, 0.25) is 0 Å². The Bertz CT molecular complexity index is 1250. The first-order valence-corrected chi connectivity index (χ1v) is 11.2. The second-order valence-corrected chi connectivity index (χ2v) is 9.17. The summed E-state index contributed by atoms with van der Waals surface area (Å²) in [5.41, 5.74) is 7.89. The van der Waals surface area contributed by atoms with Crippen LogP contribution in [0.2, 0.25) is 0 Å². The number of nitrogens with zero attached hydrogens (tertiary/aromatic N) is 2. The molecule has 1 aliphatic carbocycles. The van der Waals surface area contributed by atoms with Crippen molar-refractivity contribution in [3.05, 3.63) is 41.7 Å². The van der Waals surface area contributed by atoms with Crippen LogP contribution in [-0.2, 0) is 4.74 Å². The highest BCUT2D eigenvalue weighted by Crippen LogP contribution is 2.47. The summed E-state index contributed by atoms with van der Waals surface area (Å²) in [6, 6.07) is 6.71. The monoisotopic (exact) mass is 468 g/mol. The number of para-hydroxylation sites is 1. The molecule has 1 spiro atoms. The van der Waals surface area contributed by atoms with Crippen molar-refractivity contribution < 1.29 is 29.6 Å². The Balaban J connectivity index is 1.56. The summed E-state index contributed by atoms with van der Waals surface area (Å²) in [6.07, 6.45) is 0.875. The fourth-order valence-electron chi connectivity index (χ4n) is 5.33. The van der Waals surface area contributed by atoms with Gasteiger partial charge in [0.15, 0.2) is 12.0 Å². The molecule has 1 atom stereocenters. The maximum Gasteiger partial charge on any atom is 0.411 e. The molecule has 6 N–H and O–H groups in total. The molecule has 10 heteroatoms. The minimum atomic E-state index is -1.79. The fourth-order valence-corrected chi connectivity index (χ4v) is 5.33. The zero-order chi connectivity index (χ0) is 24.2. The van der Waals surface area contributed by atoms with E-state index in [0.29, 0.717) is 41.0 Å². The number of aliphatic hydroxyl groups is 2. The number of methoxy groups -OCH3 is 1. The van der Waals surface area contributed by atoms with Crippen molar-refractivity contribution in [2.24, 2.45) is 11.7 Å². The van der Waals surface area contributed by atoms with Crippen LogP contribution >= 0.6 is 0 Å². The molecule has 0 bridgehead atoms. The number of aromatic nitrogens is 2. The molecule has 34 heavy (non-hydrogen) atoms. The number of H-pyrrole nitrogens is 1. The number of ether oxygens (including phenoxy) is 2. The van der Waals surface area contributed by atoms with Gasteiger partial charge in [-0.25, -0.2) is 9.78 Å². The van der Waals surface area contributed by atoms with Gasteiger partial charge in [-0.15, -0.1) is 0 Å². The van der Waals surface area contributed by atoms with Crippen LogP contribution in [-0.4, -0.2) is 62.1 Å². The van der Waals surface area contributed by atoms with Crippen molar-refractivity contribution in [1.29, 1.82) is 0 Å². The van der Waals surface area contributed by atoms with Crippen LogP contribution in [0.25, 0.3) is 22.0 Å². The van der Waals surface area contributed by atoms with Gasteiger partial charge in [-0.1, -0.05) is 18.2 Å². The van der Waals surface area contributed by atoms with Gasteiger partial charge < -0.3 is 35.5 Å². The van der Waals surface area contributed by atoms with Crippen LogP contribution in [0, 0.1) is 5.92 Å². The van der Waals surface area contributed by atoms with Crippen LogP contribution in [0.4, 0.5) is 4.79 Å². The number of aromatic amines is 1. The Kier molecular flexibility index (Phi) is 5.38. The number of hydrogen-bond acceptors (Lipinski definition) is 8. The van der Waals surface area contributed by atoms with Gasteiger partial charge in [0, 0.05) is 22.7 Å². The maximum absolute atomic E-state index is 12.8. The molecular weight excluding hydrogens is 440 g/mol. The first kappa shape index (κ1) is 22.5. The van der Waals surface area contributed by atoms with E-state index in [9.17, 15) is 20.1 Å². The third-order valence-corrected chi connectivity index (χ3v) is 7.04. The van der Waals surface area contributed by atoms with Crippen molar-refractivity contribution in [2.75, 3.05) is 20.2 Å². The molecule has 1 saturated heterocycles. The van der Waals surface area contributed by atoms with Gasteiger partial charge >= 0.3 is 6.09 Å². The molecule has 3 aromatic rings. The average Bonchev–Trinajstić information content (AvgIpc) is 3.36. The van der Waals surface area contributed by atoms with E-state index in [0.717, 1.165) is 18.4 Å². The lowest BCUT2D eigenvalue weighted by Crippen LogP contribution is -2.49. The minimum Gasteiger partial charge on any atom is -0.503 e.